The highest BCUT2D eigenvalue weighted by atomic mass is 16.2. The van der Waals surface area contributed by atoms with Crippen molar-refractivity contribution in [2.75, 3.05) is 5.32 Å². The quantitative estimate of drug-likeness (QED) is 0.733. The number of rotatable bonds is 2. The van der Waals surface area contributed by atoms with E-state index in [0.717, 1.165) is 0 Å². The lowest BCUT2D eigenvalue weighted by molar-refractivity contribution is -0.114. The lowest BCUT2D eigenvalue weighted by Crippen LogP contribution is -2.11. The van der Waals surface area contributed by atoms with Gasteiger partial charge in [-0.3, -0.25) is 15.3 Å². The Bertz CT molecular complexity index is 347. The van der Waals surface area contributed by atoms with Gasteiger partial charge in [0.2, 0.25) is 5.91 Å². The van der Waals surface area contributed by atoms with Crippen molar-refractivity contribution in [2.24, 2.45) is 0 Å². The SMILES string of the molecule is CC(=O)Nc1ccccc1C([NH])=O. The highest BCUT2D eigenvalue weighted by molar-refractivity contribution is 6.02. The van der Waals surface area contributed by atoms with Crippen LogP contribution in [0.3, 0.4) is 0 Å². The van der Waals surface area contributed by atoms with Crippen LogP contribution in [0.4, 0.5) is 5.69 Å². The van der Waals surface area contributed by atoms with Gasteiger partial charge >= 0.3 is 0 Å². The summed E-state index contributed by atoms with van der Waals surface area (Å²) in [6.07, 6.45) is 0. The molecule has 0 heterocycles. The molecule has 4 nitrogen and oxygen atoms in total. The molecule has 0 aliphatic rings. The van der Waals surface area contributed by atoms with Crippen molar-refractivity contribution in [1.29, 1.82) is 0 Å². The molecule has 0 saturated heterocycles. The predicted molar refractivity (Wildman–Crippen MR) is 48.2 cm³/mol. The summed E-state index contributed by atoms with van der Waals surface area (Å²) in [7, 11) is 0. The lowest BCUT2D eigenvalue weighted by atomic mass is 10.1. The normalized spacial score (nSPS) is 9.31. The van der Waals surface area contributed by atoms with Gasteiger partial charge in [-0.05, 0) is 12.1 Å². The zero-order chi connectivity index (χ0) is 9.84. The summed E-state index contributed by atoms with van der Waals surface area (Å²) in [4.78, 5) is 21.5. The molecule has 0 unspecified atom stereocenters. The Kier molecular flexibility index (Phi) is 2.64. The smallest absolute Gasteiger partial charge is 0.271 e. The molecule has 2 amide bonds. The first-order valence-electron chi connectivity index (χ1n) is 3.74. The molecule has 0 bridgehead atoms. The molecule has 0 aromatic heterocycles. The predicted octanol–water partition coefficient (Wildman–Crippen LogP) is 1.07. The standard InChI is InChI=1S/C9H9N2O2/c1-6(12)11-8-5-3-2-4-7(8)9(10)13/h2-5,10H,1H3,(H,11,12). The Hall–Kier alpha value is -1.84. The minimum atomic E-state index is -0.802. The van der Waals surface area contributed by atoms with Crippen LogP contribution >= 0.6 is 0 Å². The van der Waals surface area contributed by atoms with Gasteiger partial charge in [-0.15, -0.1) is 0 Å². The van der Waals surface area contributed by atoms with Gasteiger partial charge in [0.25, 0.3) is 5.91 Å². The number of hydrogen-bond donors (Lipinski definition) is 1. The van der Waals surface area contributed by atoms with Gasteiger partial charge in [-0.1, -0.05) is 12.1 Å². The third-order valence-electron chi connectivity index (χ3n) is 1.48. The van der Waals surface area contributed by atoms with Crippen molar-refractivity contribution in [2.45, 2.75) is 6.92 Å². The van der Waals surface area contributed by atoms with E-state index in [0.29, 0.717) is 5.69 Å². The maximum absolute atomic E-state index is 10.8. The van der Waals surface area contributed by atoms with Gasteiger partial charge in [0.1, 0.15) is 0 Å². The number of anilines is 1. The fourth-order valence-electron chi connectivity index (χ4n) is 0.980. The third-order valence-corrected chi connectivity index (χ3v) is 1.48. The summed E-state index contributed by atoms with van der Waals surface area (Å²) >= 11 is 0. The molecule has 0 saturated carbocycles. The van der Waals surface area contributed by atoms with Crippen LogP contribution in [-0.2, 0) is 4.79 Å². The van der Waals surface area contributed by atoms with Crippen molar-refractivity contribution in [3.05, 3.63) is 29.8 Å². The first kappa shape index (κ1) is 9.25. The van der Waals surface area contributed by atoms with E-state index < -0.39 is 5.91 Å². The van der Waals surface area contributed by atoms with Crippen LogP contribution in [0.2, 0.25) is 0 Å². The fraction of sp³-hybridized carbons (Fsp3) is 0.111. The molecule has 2 N–H and O–H groups in total. The van der Waals surface area contributed by atoms with Crippen molar-refractivity contribution < 1.29 is 9.59 Å². The van der Waals surface area contributed by atoms with Crippen LogP contribution in [0.25, 0.3) is 0 Å². The molecule has 1 aromatic rings. The van der Waals surface area contributed by atoms with E-state index in [1.165, 1.54) is 13.0 Å². The van der Waals surface area contributed by atoms with Gasteiger partial charge < -0.3 is 5.32 Å². The van der Waals surface area contributed by atoms with E-state index in [4.69, 9.17) is 5.73 Å². The van der Waals surface area contributed by atoms with E-state index in [1.54, 1.807) is 18.2 Å². The van der Waals surface area contributed by atoms with Crippen molar-refractivity contribution in [3.63, 3.8) is 0 Å². The largest absolute Gasteiger partial charge is 0.326 e. The fourth-order valence-corrected chi connectivity index (χ4v) is 0.980. The van der Waals surface area contributed by atoms with Crippen molar-refractivity contribution >= 4 is 17.5 Å². The molecule has 1 aromatic carbocycles. The van der Waals surface area contributed by atoms with Gasteiger partial charge in [-0.2, -0.15) is 0 Å². The Labute approximate surface area is 75.7 Å². The number of para-hydroxylation sites is 1. The maximum Gasteiger partial charge on any atom is 0.271 e. The molecule has 0 fully saturated rings. The number of amides is 2. The van der Waals surface area contributed by atoms with Crippen LogP contribution in [0.5, 0.6) is 0 Å². The Morgan fingerprint density at radius 3 is 2.46 bits per heavy atom. The zero-order valence-electron chi connectivity index (χ0n) is 7.13. The second-order valence-corrected chi connectivity index (χ2v) is 2.56. The molecule has 67 valence electrons. The summed E-state index contributed by atoms with van der Waals surface area (Å²) < 4.78 is 0. The first-order valence-corrected chi connectivity index (χ1v) is 3.74. The van der Waals surface area contributed by atoms with E-state index in [9.17, 15) is 9.59 Å². The number of carbonyl (C=O) groups excluding carboxylic acids is 2. The third kappa shape index (κ3) is 2.30. The highest BCUT2D eigenvalue weighted by Gasteiger charge is 2.07. The number of hydrogen-bond acceptors (Lipinski definition) is 2. The van der Waals surface area contributed by atoms with Crippen LogP contribution < -0.4 is 11.1 Å². The van der Waals surface area contributed by atoms with Crippen molar-refractivity contribution in [3.8, 4) is 0 Å². The molecular weight excluding hydrogens is 168 g/mol. The molecule has 4 heteroatoms. The summed E-state index contributed by atoms with van der Waals surface area (Å²) in [6.45, 7) is 1.35. The average Bonchev–Trinajstić information content (AvgIpc) is 2.03. The maximum atomic E-state index is 10.8. The summed E-state index contributed by atoms with van der Waals surface area (Å²) in [5.74, 6) is -1.06. The molecule has 1 radical (unpaired) electrons. The van der Waals surface area contributed by atoms with Crippen LogP contribution in [0, 0.1) is 0 Å². The second-order valence-electron chi connectivity index (χ2n) is 2.56. The Morgan fingerprint density at radius 1 is 1.31 bits per heavy atom. The van der Waals surface area contributed by atoms with E-state index in [1.807, 2.05) is 0 Å². The molecule has 0 atom stereocenters. The van der Waals surface area contributed by atoms with E-state index in [2.05, 4.69) is 5.32 Å². The van der Waals surface area contributed by atoms with E-state index in [-0.39, 0.29) is 11.5 Å². The van der Waals surface area contributed by atoms with Crippen LogP contribution in [0.15, 0.2) is 24.3 Å². The number of carbonyl (C=O) groups is 2. The number of benzene rings is 1. The van der Waals surface area contributed by atoms with Crippen molar-refractivity contribution in [1.82, 2.24) is 5.73 Å². The minimum Gasteiger partial charge on any atom is -0.326 e. The summed E-state index contributed by atoms with van der Waals surface area (Å²) in [6, 6.07) is 6.43. The Balaban J connectivity index is 3.04. The summed E-state index contributed by atoms with van der Waals surface area (Å²) in [5, 5.41) is 2.47. The van der Waals surface area contributed by atoms with Gasteiger partial charge in [0.05, 0.1) is 11.3 Å². The van der Waals surface area contributed by atoms with Gasteiger partial charge in [0.15, 0.2) is 0 Å². The van der Waals surface area contributed by atoms with Gasteiger partial charge in [0, 0.05) is 6.92 Å². The average molecular weight is 177 g/mol. The molecule has 0 aliphatic carbocycles. The van der Waals surface area contributed by atoms with Crippen LogP contribution in [-0.4, -0.2) is 11.8 Å². The Morgan fingerprint density at radius 2 is 1.92 bits per heavy atom. The highest BCUT2D eigenvalue weighted by Crippen LogP contribution is 2.13. The number of nitrogens with one attached hydrogen (secondary N) is 2. The minimum absolute atomic E-state index is 0.206. The molecule has 0 aliphatic heterocycles. The monoisotopic (exact) mass is 177 g/mol. The van der Waals surface area contributed by atoms with E-state index >= 15 is 0 Å². The molecule has 1 rings (SSSR count). The van der Waals surface area contributed by atoms with Gasteiger partial charge in [-0.25, -0.2) is 0 Å². The second kappa shape index (κ2) is 3.71. The van der Waals surface area contributed by atoms with Crippen LogP contribution in [0.1, 0.15) is 17.3 Å². The first-order chi connectivity index (χ1) is 6.11. The molecule has 13 heavy (non-hydrogen) atoms. The molecule has 0 spiro atoms. The summed E-state index contributed by atoms with van der Waals surface area (Å²) in [5.41, 5.74) is 7.50. The zero-order valence-corrected chi connectivity index (χ0v) is 7.13. The topological polar surface area (TPSA) is 70.0 Å². The lowest BCUT2D eigenvalue weighted by Gasteiger charge is -2.05. The molecular formula is C9H9N2O2.